The van der Waals surface area contributed by atoms with Crippen LogP contribution >= 0.6 is 15.9 Å². The third-order valence-corrected chi connectivity index (χ3v) is 2.35. The van der Waals surface area contributed by atoms with Crippen LogP contribution in [0, 0.1) is 12.7 Å². The van der Waals surface area contributed by atoms with Crippen molar-refractivity contribution in [2.75, 3.05) is 5.32 Å². The first kappa shape index (κ1) is 12.2. The summed E-state index contributed by atoms with van der Waals surface area (Å²) in [4.78, 5) is 11.6. The maximum Gasteiger partial charge on any atom is 0.240 e. The molecule has 0 saturated carbocycles. The summed E-state index contributed by atoms with van der Waals surface area (Å²) in [5.74, 6) is -0.556. The number of carbonyl (C=O) groups excluding carboxylic acids is 1. The van der Waals surface area contributed by atoms with Crippen LogP contribution in [0.4, 0.5) is 10.1 Å². The molecule has 1 aromatic carbocycles. The number of hydrogen-bond acceptors (Lipinski definition) is 1. The summed E-state index contributed by atoms with van der Waals surface area (Å²) in [5.41, 5.74) is 1.34. The maximum absolute atomic E-state index is 12.9. The van der Waals surface area contributed by atoms with Gasteiger partial charge in [0, 0.05) is 5.69 Å². The number of amides is 1. The van der Waals surface area contributed by atoms with Gasteiger partial charge in [-0.15, -0.1) is 0 Å². The highest BCUT2D eigenvalue weighted by atomic mass is 79.9. The van der Waals surface area contributed by atoms with Crippen LogP contribution in [0.3, 0.4) is 0 Å². The van der Waals surface area contributed by atoms with E-state index in [0.29, 0.717) is 5.69 Å². The van der Waals surface area contributed by atoms with Crippen molar-refractivity contribution < 1.29 is 9.18 Å². The number of halogens is 2. The lowest BCUT2D eigenvalue weighted by Gasteiger charge is -2.17. The molecule has 0 aliphatic carbocycles. The molecule has 0 aliphatic heterocycles. The van der Waals surface area contributed by atoms with Gasteiger partial charge in [-0.25, -0.2) is 4.39 Å². The predicted molar refractivity (Wildman–Crippen MR) is 62.8 cm³/mol. The third-order valence-electron chi connectivity index (χ3n) is 1.99. The van der Waals surface area contributed by atoms with Crippen LogP contribution in [0.1, 0.15) is 19.4 Å². The molecule has 0 fully saturated rings. The van der Waals surface area contributed by atoms with Crippen molar-refractivity contribution >= 4 is 27.5 Å². The van der Waals surface area contributed by atoms with Gasteiger partial charge in [0.2, 0.25) is 5.91 Å². The molecule has 1 amide bonds. The molecule has 0 saturated heterocycles. The van der Waals surface area contributed by atoms with Gasteiger partial charge in [0.1, 0.15) is 5.82 Å². The molecule has 0 aliphatic rings. The number of rotatable bonds is 2. The molecule has 0 radical (unpaired) electrons. The number of hydrogen-bond donors (Lipinski definition) is 1. The Balaban J connectivity index is 2.90. The van der Waals surface area contributed by atoms with Crippen molar-refractivity contribution in [2.45, 2.75) is 25.1 Å². The van der Waals surface area contributed by atoms with Gasteiger partial charge in [0.05, 0.1) is 4.32 Å². The Kier molecular flexibility index (Phi) is 3.50. The molecule has 15 heavy (non-hydrogen) atoms. The van der Waals surface area contributed by atoms with Crippen LogP contribution in [0.5, 0.6) is 0 Å². The van der Waals surface area contributed by atoms with Gasteiger partial charge in [-0.05, 0) is 38.5 Å². The molecule has 0 spiro atoms. The zero-order chi connectivity index (χ0) is 11.6. The fourth-order valence-corrected chi connectivity index (χ4v) is 1.10. The molecule has 0 atom stereocenters. The van der Waals surface area contributed by atoms with Crippen molar-refractivity contribution in [3.63, 3.8) is 0 Å². The summed E-state index contributed by atoms with van der Waals surface area (Å²) in [6.07, 6.45) is 0. The zero-order valence-corrected chi connectivity index (χ0v) is 10.5. The van der Waals surface area contributed by atoms with E-state index in [1.807, 2.05) is 6.92 Å². The Bertz CT molecular complexity index is 385. The van der Waals surface area contributed by atoms with Crippen LogP contribution in [0.25, 0.3) is 0 Å². The molecule has 1 aromatic rings. The molecule has 1 rings (SSSR count). The van der Waals surface area contributed by atoms with Crippen molar-refractivity contribution in [1.82, 2.24) is 0 Å². The van der Waals surface area contributed by atoms with E-state index < -0.39 is 4.32 Å². The van der Waals surface area contributed by atoms with E-state index in [1.165, 1.54) is 12.1 Å². The van der Waals surface area contributed by atoms with Gasteiger partial charge in [0.25, 0.3) is 0 Å². The van der Waals surface area contributed by atoms with E-state index in [9.17, 15) is 9.18 Å². The van der Waals surface area contributed by atoms with Gasteiger partial charge in [-0.3, -0.25) is 4.79 Å². The van der Waals surface area contributed by atoms with Crippen LogP contribution in [0.2, 0.25) is 0 Å². The van der Waals surface area contributed by atoms with Gasteiger partial charge < -0.3 is 5.32 Å². The molecule has 0 bridgehead atoms. The molecule has 4 heteroatoms. The van der Waals surface area contributed by atoms with Crippen LogP contribution in [0.15, 0.2) is 18.2 Å². The lowest BCUT2D eigenvalue weighted by atomic mass is 10.1. The molecule has 2 nitrogen and oxygen atoms in total. The Hall–Kier alpha value is -0.900. The molecule has 0 heterocycles. The Labute approximate surface area is 97.0 Å². The van der Waals surface area contributed by atoms with E-state index in [2.05, 4.69) is 21.2 Å². The summed E-state index contributed by atoms with van der Waals surface area (Å²) >= 11 is 3.24. The SMILES string of the molecule is Cc1ccc(F)cc1NC(=O)C(C)(C)Br. The molecule has 0 unspecified atom stereocenters. The Morgan fingerprint density at radius 1 is 1.47 bits per heavy atom. The summed E-state index contributed by atoms with van der Waals surface area (Å²) in [6.45, 7) is 5.28. The fraction of sp³-hybridized carbons (Fsp3) is 0.364. The number of alkyl halides is 1. The highest BCUT2D eigenvalue weighted by Crippen LogP contribution is 2.21. The molecule has 1 N–H and O–H groups in total. The van der Waals surface area contributed by atoms with Gasteiger partial charge >= 0.3 is 0 Å². The minimum Gasteiger partial charge on any atom is -0.325 e. The third kappa shape index (κ3) is 3.30. The highest BCUT2D eigenvalue weighted by molar-refractivity contribution is 9.10. The van der Waals surface area contributed by atoms with Crippen molar-refractivity contribution in [3.8, 4) is 0 Å². The second-order valence-electron chi connectivity index (χ2n) is 3.89. The predicted octanol–water partition coefficient (Wildman–Crippen LogP) is 3.25. The van der Waals surface area contributed by atoms with Crippen molar-refractivity contribution in [3.05, 3.63) is 29.6 Å². The summed E-state index contributed by atoms with van der Waals surface area (Å²) in [6, 6.07) is 4.31. The van der Waals surface area contributed by atoms with Gasteiger partial charge in [-0.1, -0.05) is 22.0 Å². The molecular weight excluding hydrogens is 261 g/mol. The van der Waals surface area contributed by atoms with E-state index in [0.717, 1.165) is 5.56 Å². The number of anilines is 1. The van der Waals surface area contributed by atoms with E-state index in [-0.39, 0.29) is 11.7 Å². The monoisotopic (exact) mass is 273 g/mol. The normalized spacial score (nSPS) is 11.3. The lowest BCUT2D eigenvalue weighted by Crippen LogP contribution is -2.31. The minimum atomic E-state index is -0.661. The standard InChI is InChI=1S/C11H13BrFNO/c1-7-4-5-8(13)6-9(7)14-10(15)11(2,3)12/h4-6H,1-3H3,(H,14,15). The Morgan fingerprint density at radius 2 is 2.07 bits per heavy atom. The molecule has 0 aromatic heterocycles. The number of carbonyl (C=O) groups is 1. The lowest BCUT2D eigenvalue weighted by molar-refractivity contribution is -0.117. The van der Waals surface area contributed by atoms with E-state index >= 15 is 0 Å². The first-order valence-electron chi connectivity index (χ1n) is 4.57. The van der Waals surface area contributed by atoms with Crippen molar-refractivity contribution in [2.24, 2.45) is 0 Å². The summed E-state index contributed by atoms with van der Waals surface area (Å²) < 4.78 is 12.3. The number of nitrogens with one attached hydrogen (secondary N) is 1. The largest absolute Gasteiger partial charge is 0.325 e. The first-order valence-corrected chi connectivity index (χ1v) is 5.36. The smallest absolute Gasteiger partial charge is 0.240 e. The minimum absolute atomic E-state index is 0.198. The van der Waals surface area contributed by atoms with Crippen LogP contribution in [-0.2, 0) is 4.79 Å². The quantitative estimate of drug-likeness (QED) is 0.824. The first-order chi connectivity index (χ1) is 6.80. The summed E-state index contributed by atoms with van der Waals surface area (Å²) in [5, 5.41) is 2.67. The average Bonchev–Trinajstić information content (AvgIpc) is 2.09. The second kappa shape index (κ2) is 4.31. The molecular formula is C11H13BrFNO. The van der Waals surface area contributed by atoms with Gasteiger partial charge in [0.15, 0.2) is 0 Å². The Morgan fingerprint density at radius 3 is 2.60 bits per heavy atom. The number of aryl methyl sites for hydroxylation is 1. The van der Waals surface area contributed by atoms with Gasteiger partial charge in [-0.2, -0.15) is 0 Å². The summed E-state index contributed by atoms with van der Waals surface area (Å²) in [7, 11) is 0. The van der Waals surface area contributed by atoms with E-state index in [1.54, 1.807) is 19.9 Å². The topological polar surface area (TPSA) is 29.1 Å². The average molecular weight is 274 g/mol. The van der Waals surface area contributed by atoms with Crippen molar-refractivity contribution in [1.29, 1.82) is 0 Å². The number of benzene rings is 1. The fourth-order valence-electron chi connectivity index (χ4n) is 1.000. The highest BCUT2D eigenvalue weighted by Gasteiger charge is 2.23. The van der Waals surface area contributed by atoms with Crippen LogP contribution in [-0.4, -0.2) is 10.2 Å². The van der Waals surface area contributed by atoms with E-state index in [4.69, 9.17) is 0 Å². The zero-order valence-electron chi connectivity index (χ0n) is 8.90. The van der Waals surface area contributed by atoms with Crippen LogP contribution < -0.4 is 5.32 Å². The molecule has 82 valence electrons. The maximum atomic E-state index is 12.9. The second-order valence-corrected chi connectivity index (χ2v) is 5.87.